The van der Waals surface area contributed by atoms with Crippen molar-refractivity contribution in [1.82, 2.24) is 19.5 Å². The lowest BCUT2D eigenvalue weighted by Gasteiger charge is -2.40. The Kier molecular flexibility index (Phi) is 4.23. The van der Waals surface area contributed by atoms with Crippen molar-refractivity contribution in [3.05, 3.63) is 46.6 Å². The fraction of sp³-hybridized carbons (Fsp3) is 0.444. The highest BCUT2D eigenvalue weighted by Crippen LogP contribution is 2.40. The summed E-state index contributed by atoms with van der Waals surface area (Å²) >= 11 is 1.50. The highest BCUT2D eigenvalue weighted by atomic mass is 32.1. The fourth-order valence-electron chi connectivity index (χ4n) is 3.62. The van der Waals surface area contributed by atoms with Crippen molar-refractivity contribution in [1.29, 1.82) is 0 Å². The number of nitrogens with zero attached hydrogens (tertiary/aromatic N) is 4. The molecule has 4 rings (SSSR count). The zero-order chi connectivity index (χ0) is 17.6. The molecule has 1 N–H and O–H groups in total. The first-order valence-electron chi connectivity index (χ1n) is 8.52. The van der Waals surface area contributed by atoms with E-state index in [0.29, 0.717) is 5.82 Å². The molecule has 1 fully saturated rings. The lowest BCUT2D eigenvalue weighted by atomic mass is 10.0. The van der Waals surface area contributed by atoms with Crippen LogP contribution in [0.3, 0.4) is 0 Å². The van der Waals surface area contributed by atoms with Crippen LogP contribution in [0.1, 0.15) is 36.2 Å². The minimum atomic E-state index is -0.0381. The van der Waals surface area contributed by atoms with Crippen LogP contribution in [0.15, 0.2) is 30.3 Å². The number of benzene rings is 1. The highest BCUT2D eigenvalue weighted by Gasteiger charge is 2.33. The molecule has 2 aromatic heterocycles. The molecule has 0 amide bonds. The molecular weight excluding hydrogens is 336 g/mol. The van der Waals surface area contributed by atoms with Crippen LogP contribution in [0.4, 0.5) is 0 Å². The first kappa shape index (κ1) is 16.5. The molecule has 3 heterocycles. The van der Waals surface area contributed by atoms with Gasteiger partial charge in [0.25, 0.3) is 0 Å². The Bertz CT molecular complexity index is 866. The molecule has 3 aromatic rings. The third-order valence-corrected chi connectivity index (χ3v) is 5.55. The topological polar surface area (TPSA) is 62.9 Å². The lowest BCUT2D eigenvalue weighted by molar-refractivity contribution is -0.0764. The molecule has 132 valence electrons. The van der Waals surface area contributed by atoms with Crippen LogP contribution in [0.25, 0.3) is 4.96 Å². The van der Waals surface area contributed by atoms with Crippen LogP contribution in [0.5, 0.6) is 5.88 Å². The number of rotatable bonds is 3. The molecule has 6 nitrogen and oxygen atoms in total. The summed E-state index contributed by atoms with van der Waals surface area (Å²) in [5.41, 5.74) is 1.15. The largest absolute Gasteiger partial charge is 0.492 e. The van der Waals surface area contributed by atoms with Gasteiger partial charge in [0.15, 0.2) is 0 Å². The Balaban J connectivity index is 1.82. The summed E-state index contributed by atoms with van der Waals surface area (Å²) in [6, 6.07) is 10.3. The maximum atomic E-state index is 10.8. The van der Waals surface area contributed by atoms with E-state index in [9.17, 15) is 5.11 Å². The van der Waals surface area contributed by atoms with E-state index in [2.05, 4.69) is 41.0 Å². The van der Waals surface area contributed by atoms with Gasteiger partial charge in [-0.3, -0.25) is 4.90 Å². The lowest BCUT2D eigenvalue weighted by Crippen LogP contribution is -2.47. The number of ether oxygens (including phenoxy) is 1. The van der Waals surface area contributed by atoms with E-state index in [4.69, 9.17) is 4.74 Å². The second-order valence-corrected chi connectivity index (χ2v) is 7.68. The third-order valence-electron chi connectivity index (χ3n) is 4.48. The third kappa shape index (κ3) is 3.03. The first-order valence-corrected chi connectivity index (χ1v) is 9.34. The van der Waals surface area contributed by atoms with Crippen LogP contribution in [0.2, 0.25) is 0 Å². The molecular formula is C18H22N4O2S. The van der Waals surface area contributed by atoms with E-state index in [1.165, 1.54) is 11.3 Å². The molecule has 0 spiro atoms. The van der Waals surface area contributed by atoms with Gasteiger partial charge in [-0.15, -0.1) is 5.10 Å². The quantitative estimate of drug-likeness (QED) is 0.780. The molecule has 1 aliphatic heterocycles. The fourth-order valence-corrected chi connectivity index (χ4v) is 4.78. The number of morpholine rings is 1. The van der Waals surface area contributed by atoms with Crippen molar-refractivity contribution in [3.8, 4) is 5.88 Å². The van der Waals surface area contributed by atoms with Gasteiger partial charge in [0.1, 0.15) is 5.82 Å². The summed E-state index contributed by atoms with van der Waals surface area (Å²) in [7, 11) is 0. The van der Waals surface area contributed by atoms with E-state index in [1.54, 1.807) is 4.52 Å². The van der Waals surface area contributed by atoms with Crippen LogP contribution in [0, 0.1) is 6.92 Å². The van der Waals surface area contributed by atoms with E-state index in [0.717, 1.165) is 28.5 Å². The molecule has 0 radical (unpaired) electrons. The van der Waals surface area contributed by atoms with Gasteiger partial charge in [0.2, 0.25) is 10.8 Å². The number of hydrogen-bond donors (Lipinski definition) is 1. The summed E-state index contributed by atoms with van der Waals surface area (Å²) in [5.74, 6) is 0.847. The molecule has 7 heteroatoms. The summed E-state index contributed by atoms with van der Waals surface area (Å²) in [5, 5.41) is 15.1. The molecule has 1 saturated heterocycles. The van der Waals surface area contributed by atoms with Gasteiger partial charge < -0.3 is 9.84 Å². The molecule has 0 bridgehead atoms. The van der Waals surface area contributed by atoms with Crippen molar-refractivity contribution in [2.24, 2.45) is 0 Å². The SMILES string of the molecule is Cc1nc2sc([C@H](c3ccccc3)N3C[C@@H](C)O[C@H](C)C3)c(O)n2n1. The van der Waals surface area contributed by atoms with Crippen LogP contribution < -0.4 is 0 Å². The smallest absolute Gasteiger partial charge is 0.230 e. The number of aromatic hydroxyl groups is 1. The van der Waals surface area contributed by atoms with Crippen molar-refractivity contribution in [2.75, 3.05) is 13.1 Å². The summed E-state index contributed by atoms with van der Waals surface area (Å²) in [4.78, 5) is 8.39. The predicted molar refractivity (Wildman–Crippen MR) is 97.1 cm³/mol. The number of fused-ring (bicyclic) bond motifs is 1. The second-order valence-electron chi connectivity index (χ2n) is 6.67. The van der Waals surface area contributed by atoms with Crippen molar-refractivity contribution >= 4 is 16.3 Å². The van der Waals surface area contributed by atoms with Crippen LogP contribution in [-0.4, -0.2) is 49.9 Å². The number of aryl methyl sites for hydroxylation is 1. The monoisotopic (exact) mass is 358 g/mol. The van der Waals surface area contributed by atoms with E-state index >= 15 is 0 Å². The van der Waals surface area contributed by atoms with Gasteiger partial charge in [-0.2, -0.15) is 4.52 Å². The van der Waals surface area contributed by atoms with Gasteiger partial charge in [-0.05, 0) is 26.3 Å². The second kappa shape index (κ2) is 6.40. The zero-order valence-electron chi connectivity index (χ0n) is 14.6. The van der Waals surface area contributed by atoms with E-state index in [1.807, 2.05) is 25.1 Å². The average Bonchev–Trinajstić information content (AvgIpc) is 3.06. The van der Waals surface area contributed by atoms with Crippen molar-refractivity contribution < 1.29 is 9.84 Å². The molecule has 3 atom stereocenters. The zero-order valence-corrected chi connectivity index (χ0v) is 15.4. The van der Waals surface area contributed by atoms with Gasteiger partial charge in [-0.1, -0.05) is 41.7 Å². The maximum Gasteiger partial charge on any atom is 0.230 e. The van der Waals surface area contributed by atoms with E-state index in [-0.39, 0.29) is 24.1 Å². The molecule has 1 aliphatic rings. The molecule has 25 heavy (non-hydrogen) atoms. The van der Waals surface area contributed by atoms with Crippen LogP contribution in [-0.2, 0) is 4.74 Å². The number of hydrogen-bond acceptors (Lipinski definition) is 6. The van der Waals surface area contributed by atoms with Gasteiger partial charge in [0.05, 0.1) is 23.1 Å². The Morgan fingerprint density at radius 2 is 1.88 bits per heavy atom. The number of aromatic nitrogens is 3. The van der Waals surface area contributed by atoms with Gasteiger partial charge >= 0.3 is 0 Å². The molecule has 0 unspecified atom stereocenters. The Labute approximate surface area is 150 Å². The standard InChI is InChI=1S/C18H22N4O2S/c1-11-9-21(10-12(2)24-11)15(14-7-5-4-6-8-14)16-17(23)22-18(25-16)19-13(3)20-22/h4-8,11-12,15,23H,9-10H2,1-3H3/t11-,12-,15+/m1/s1. The van der Waals surface area contributed by atoms with Crippen LogP contribution >= 0.6 is 11.3 Å². The summed E-state index contributed by atoms with van der Waals surface area (Å²) < 4.78 is 7.44. The van der Waals surface area contributed by atoms with E-state index < -0.39 is 0 Å². The van der Waals surface area contributed by atoms with Crippen molar-refractivity contribution in [3.63, 3.8) is 0 Å². The Hall–Kier alpha value is -1.96. The van der Waals surface area contributed by atoms with Gasteiger partial charge in [-0.25, -0.2) is 4.98 Å². The summed E-state index contributed by atoms with van der Waals surface area (Å²) in [6.45, 7) is 7.65. The normalized spacial score (nSPS) is 23.2. The minimum absolute atomic E-state index is 0.0381. The van der Waals surface area contributed by atoms with Gasteiger partial charge in [0, 0.05) is 13.1 Å². The molecule has 0 saturated carbocycles. The average molecular weight is 358 g/mol. The Morgan fingerprint density at radius 3 is 2.52 bits per heavy atom. The predicted octanol–water partition coefficient (Wildman–Crippen LogP) is 3.00. The minimum Gasteiger partial charge on any atom is -0.492 e. The molecule has 0 aliphatic carbocycles. The maximum absolute atomic E-state index is 10.8. The first-order chi connectivity index (χ1) is 12.0. The number of thiazole rings is 1. The van der Waals surface area contributed by atoms with Crippen molar-refractivity contribution in [2.45, 2.75) is 39.0 Å². The highest BCUT2D eigenvalue weighted by molar-refractivity contribution is 7.17. The summed E-state index contributed by atoms with van der Waals surface area (Å²) in [6.07, 6.45) is 0.308. The Morgan fingerprint density at radius 1 is 1.20 bits per heavy atom. The molecule has 1 aromatic carbocycles.